The van der Waals surface area contributed by atoms with Crippen LogP contribution < -0.4 is 15.4 Å². The van der Waals surface area contributed by atoms with Crippen molar-refractivity contribution in [1.29, 1.82) is 5.26 Å². The Hall–Kier alpha value is -4.02. The van der Waals surface area contributed by atoms with E-state index in [2.05, 4.69) is 32.7 Å². The van der Waals surface area contributed by atoms with Crippen LogP contribution >= 0.6 is 0 Å². The van der Waals surface area contributed by atoms with Gasteiger partial charge < -0.3 is 15.4 Å². The maximum Gasteiger partial charge on any atom is 0.228 e. The van der Waals surface area contributed by atoms with E-state index in [9.17, 15) is 5.26 Å². The first kappa shape index (κ1) is 22.8. The molecule has 5 rings (SSSR count). The van der Waals surface area contributed by atoms with Gasteiger partial charge in [0.25, 0.3) is 0 Å². The normalized spacial score (nSPS) is 16.4. The maximum absolute atomic E-state index is 9.48. The third-order valence-corrected chi connectivity index (χ3v) is 6.43. The summed E-state index contributed by atoms with van der Waals surface area (Å²) in [7, 11) is 0. The number of benzene rings is 2. The molecule has 0 spiro atoms. The quantitative estimate of drug-likeness (QED) is 0.384. The van der Waals surface area contributed by atoms with Gasteiger partial charge in [0.15, 0.2) is 0 Å². The zero-order valence-electron chi connectivity index (χ0n) is 20.0. The van der Waals surface area contributed by atoms with Crippen molar-refractivity contribution in [2.75, 3.05) is 18.4 Å². The number of anilines is 1. The number of hydrogen-bond acceptors (Lipinski definition) is 7. The molecular weight excluding hydrogens is 436 g/mol. The lowest BCUT2D eigenvalue weighted by atomic mass is 9.94. The van der Waals surface area contributed by atoms with Gasteiger partial charge in [-0.25, -0.2) is 15.0 Å². The van der Waals surface area contributed by atoms with Crippen molar-refractivity contribution in [3.05, 3.63) is 72.1 Å². The molecule has 2 N–H and O–H groups in total. The van der Waals surface area contributed by atoms with Crippen LogP contribution in [0.15, 0.2) is 60.9 Å². The second kappa shape index (κ2) is 10.1. The van der Waals surface area contributed by atoms with Gasteiger partial charge in [0.2, 0.25) is 11.8 Å². The predicted octanol–water partition coefficient (Wildman–Crippen LogP) is 5.58. The minimum Gasteiger partial charge on any atom is -0.437 e. The molecule has 1 aliphatic heterocycles. The van der Waals surface area contributed by atoms with E-state index in [-0.39, 0.29) is 5.92 Å². The Bertz CT molecular complexity index is 1390. The van der Waals surface area contributed by atoms with Crippen molar-refractivity contribution in [2.24, 2.45) is 0 Å². The van der Waals surface area contributed by atoms with Crippen molar-refractivity contribution in [1.82, 2.24) is 20.3 Å². The van der Waals surface area contributed by atoms with Crippen LogP contribution in [0.4, 0.5) is 5.95 Å². The minimum atomic E-state index is -0.217. The fourth-order valence-corrected chi connectivity index (χ4v) is 4.55. The van der Waals surface area contributed by atoms with Crippen molar-refractivity contribution < 1.29 is 4.74 Å². The lowest BCUT2D eigenvalue weighted by Crippen LogP contribution is -2.38. The average molecular weight is 465 g/mol. The minimum absolute atomic E-state index is 0.217. The number of nitrogens with zero attached hydrogens (tertiary/aromatic N) is 4. The molecule has 1 aliphatic rings. The Morgan fingerprint density at radius 1 is 1.09 bits per heavy atom. The van der Waals surface area contributed by atoms with Gasteiger partial charge in [0.05, 0.1) is 23.2 Å². The number of pyridine rings is 1. The molecule has 4 aromatic rings. The number of aromatic nitrogens is 3. The molecule has 1 unspecified atom stereocenters. The summed E-state index contributed by atoms with van der Waals surface area (Å²) in [6.07, 6.45) is 5.71. The molecule has 176 valence electrons. The first-order valence-electron chi connectivity index (χ1n) is 12.0. The van der Waals surface area contributed by atoms with Crippen LogP contribution in [0.5, 0.6) is 11.6 Å². The van der Waals surface area contributed by atoms with Crippen LogP contribution in [0, 0.1) is 18.3 Å². The molecular formula is C28H28N6O. The van der Waals surface area contributed by atoms with E-state index in [1.807, 2.05) is 56.3 Å². The number of rotatable bonds is 6. The van der Waals surface area contributed by atoms with Gasteiger partial charge in [-0.15, -0.1) is 0 Å². The Morgan fingerprint density at radius 2 is 2.00 bits per heavy atom. The number of aryl methyl sites for hydroxylation is 1. The molecule has 0 saturated carbocycles. The van der Waals surface area contributed by atoms with E-state index >= 15 is 0 Å². The molecule has 0 radical (unpaired) electrons. The third-order valence-electron chi connectivity index (χ3n) is 6.43. The predicted molar refractivity (Wildman–Crippen MR) is 138 cm³/mol. The highest BCUT2D eigenvalue weighted by Crippen LogP contribution is 2.38. The summed E-state index contributed by atoms with van der Waals surface area (Å²) >= 11 is 0. The zero-order chi connectivity index (χ0) is 24.2. The summed E-state index contributed by atoms with van der Waals surface area (Å²) in [5, 5.41) is 18.3. The number of hydrogen-bond donors (Lipinski definition) is 2. The van der Waals surface area contributed by atoms with E-state index < -0.39 is 0 Å². The van der Waals surface area contributed by atoms with Crippen molar-refractivity contribution in [3.8, 4) is 29.0 Å². The first-order chi connectivity index (χ1) is 17.1. The van der Waals surface area contributed by atoms with Gasteiger partial charge in [-0.2, -0.15) is 5.26 Å². The summed E-state index contributed by atoms with van der Waals surface area (Å²) in [6.45, 7) is 5.89. The lowest BCUT2D eigenvalue weighted by Gasteiger charge is -2.23. The Labute approximate surface area is 205 Å². The molecule has 35 heavy (non-hydrogen) atoms. The average Bonchev–Trinajstić information content (AvgIpc) is 2.90. The highest BCUT2D eigenvalue weighted by Gasteiger charge is 2.18. The molecule has 2 aromatic carbocycles. The van der Waals surface area contributed by atoms with Gasteiger partial charge in [-0.3, -0.25) is 0 Å². The van der Waals surface area contributed by atoms with Crippen LogP contribution in [0.2, 0.25) is 0 Å². The summed E-state index contributed by atoms with van der Waals surface area (Å²) in [6, 6.07) is 18.4. The second-order valence-corrected chi connectivity index (χ2v) is 8.92. The fraction of sp³-hybridized carbons (Fsp3) is 0.286. The van der Waals surface area contributed by atoms with Crippen molar-refractivity contribution in [2.45, 2.75) is 38.6 Å². The van der Waals surface area contributed by atoms with E-state index in [0.29, 0.717) is 17.9 Å². The highest BCUT2D eigenvalue weighted by atomic mass is 16.5. The Kier molecular flexibility index (Phi) is 6.55. The molecule has 3 heterocycles. The number of piperidine rings is 1. The fourth-order valence-electron chi connectivity index (χ4n) is 4.55. The van der Waals surface area contributed by atoms with Crippen molar-refractivity contribution >= 4 is 16.7 Å². The van der Waals surface area contributed by atoms with Crippen LogP contribution in [0.1, 0.15) is 36.8 Å². The summed E-state index contributed by atoms with van der Waals surface area (Å²) in [5.41, 5.74) is 3.51. The molecule has 2 atom stereocenters. The second-order valence-electron chi connectivity index (χ2n) is 8.92. The number of nitriles is 1. The number of ether oxygens (including phenoxy) is 1. The Balaban J connectivity index is 1.51. The highest BCUT2D eigenvalue weighted by molar-refractivity contribution is 5.93. The summed E-state index contributed by atoms with van der Waals surface area (Å²) in [5.74, 6) is 1.59. The van der Waals surface area contributed by atoms with Gasteiger partial charge in [0.1, 0.15) is 5.75 Å². The van der Waals surface area contributed by atoms with Gasteiger partial charge >= 0.3 is 0 Å². The zero-order valence-corrected chi connectivity index (χ0v) is 20.0. The summed E-state index contributed by atoms with van der Waals surface area (Å²) < 4.78 is 6.48. The number of nitrogens with one attached hydrogen (secondary N) is 2. The van der Waals surface area contributed by atoms with Crippen LogP contribution in [-0.4, -0.2) is 34.1 Å². The summed E-state index contributed by atoms with van der Waals surface area (Å²) in [4.78, 5) is 13.7. The third kappa shape index (κ3) is 4.79. The molecule has 1 saturated heterocycles. The lowest BCUT2D eigenvalue weighted by molar-refractivity contribution is 0.466. The SMILES string of the molecule is Cc1ccc2c(C(C)C#N)cccc2c1Oc1ncccc1-c1ccnc(N[C@H]2CCCNC2)n1. The smallest absolute Gasteiger partial charge is 0.228 e. The van der Waals surface area contributed by atoms with Crippen LogP contribution in [-0.2, 0) is 0 Å². The number of fused-ring (bicyclic) bond motifs is 1. The van der Waals surface area contributed by atoms with E-state index in [4.69, 9.17) is 9.72 Å². The molecule has 0 amide bonds. The molecule has 1 fully saturated rings. The first-order valence-corrected chi connectivity index (χ1v) is 12.0. The van der Waals surface area contributed by atoms with Crippen molar-refractivity contribution in [3.63, 3.8) is 0 Å². The van der Waals surface area contributed by atoms with Gasteiger partial charge in [-0.05, 0) is 67.9 Å². The van der Waals surface area contributed by atoms with Crippen LogP contribution in [0.25, 0.3) is 22.0 Å². The molecule has 2 aromatic heterocycles. The van der Waals surface area contributed by atoms with Gasteiger partial charge in [-0.1, -0.05) is 30.3 Å². The molecule has 0 bridgehead atoms. The molecule has 7 nitrogen and oxygen atoms in total. The molecule has 7 heteroatoms. The van der Waals surface area contributed by atoms with Gasteiger partial charge in [0, 0.05) is 30.4 Å². The van der Waals surface area contributed by atoms with E-state index in [0.717, 1.165) is 64.8 Å². The molecule has 0 aliphatic carbocycles. The monoisotopic (exact) mass is 464 g/mol. The maximum atomic E-state index is 9.48. The van der Waals surface area contributed by atoms with Crippen LogP contribution in [0.3, 0.4) is 0 Å². The standard InChI is InChI=1S/C28H28N6O/c1-18-10-11-22-21(19(2)16-29)7-3-8-23(22)26(18)35-27-24(9-5-14-31-27)25-12-15-32-28(34-25)33-20-6-4-13-30-17-20/h3,5,7-12,14-15,19-20,30H,4,6,13,17H2,1-2H3,(H,32,33,34)/t19?,20-/m0/s1. The Morgan fingerprint density at radius 3 is 2.83 bits per heavy atom. The topological polar surface area (TPSA) is 95.8 Å². The largest absolute Gasteiger partial charge is 0.437 e. The van der Waals surface area contributed by atoms with E-state index in [1.54, 1.807) is 12.4 Å². The van der Waals surface area contributed by atoms with E-state index in [1.165, 1.54) is 0 Å².